The standard InChI is InChI=1S/C12H21NO/c14-13-12-8-6-11(7-9-12)10-4-2-1-3-5-10/h10-12H,1-9H2. The van der Waals surface area contributed by atoms with Crippen LogP contribution in [0.2, 0.25) is 0 Å². The van der Waals surface area contributed by atoms with Crippen LogP contribution in [0.1, 0.15) is 57.8 Å². The van der Waals surface area contributed by atoms with E-state index in [0.717, 1.165) is 24.7 Å². The number of hydrogen-bond acceptors (Lipinski definition) is 2. The van der Waals surface area contributed by atoms with E-state index in [-0.39, 0.29) is 6.04 Å². The van der Waals surface area contributed by atoms with Crippen LogP contribution >= 0.6 is 0 Å². The normalized spacial score (nSPS) is 35.4. The second-order valence-corrected chi connectivity index (χ2v) is 5.07. The van der Waals surface area contributed by atoms with E-state index in [9.17, 15) is 4.91 Å². The molecule has 0 aromatic carbocycles. The molecule has 0 bridgehead atoms. The highest BCUT2D eigenvalue weighted by atomic mass is 16.3. The van der Waals surface area contributed by atoms with Crippen molar-refractivity contribution in [1.29, 1.82) is 0 Å². The Bertz CT molecular complexity index is 179. The monoisotopic (exact) mass is 195 g/mol. The summed E-state index contributed by atoms with van der Waals surface area (Å²) in [5.41, 5.74) is 0. The fourth-order valence-corrected chi connectivity index (χ4v) is 3.28. The summed E-state index contributed by atoms with van der Waals surface area (Å²) in [6, 6.07) is 0.148. The third kappa shape index (κ3) is 2.34. The lowest BCUT2D eigenvalue weighted by molar-refractivity contribution is 0.187. The maximum Gasteiger partial charge on any atom is 0.0920 e. The Balaban J connectivity index is 1.78. The molecule has 2 aliphatic carbocycles. The fraction of sp³-hybridized carbons (Fsp3) is 1.00. The molecule has 2 heteroatoms. The molecule has 2 aliphatic rings. The number of nitrogens with zero attached hydrogens (tertiary/aromatic N) is 1. The van der Waals surface area contributed by atoms with Crippen LogP contribution in [-0.4, -0.2) is 6.04 Å². The van der Waals surface area contributed by atoms with E-state index in [1.54, 1.807) is 0 Å². The first-order valence-corrected chi connectivity index (χ1v) is 6.22. The zero-order valence-corrected chi connectivity index (χ0v) is 8.95. The summed E-state index contributed by atoms with van der Waals surface area (Å²) in [6.07, 6.45) is 11.9. The van der Waals surface area contributed by atoms with E-state index in [2.05, 4.69) is 5.18 Å². The third-order valence-electron chi connectivity index (χ3n) is 4.21. The molecular weight excluding hydrogens is 174 g/mol. The van der Waals surface area contributed by atoms with Crippen molar-refractivity contribution in [2.24, 2.45) is 17.0 Å². The van der Waals surface area contributed by atoms with Gasteiger partial charge in [0.2, 0.25) is 0 Å². The average molecular weight is 195 g/mol. The molecular formula is C12H21NO. The van der Waals surface area contributed by atoms with Gasteiger partial charge in [-0.05, 0) is 37.5 Å². The largest absolute Gasteiger partial charge is 0.151 e. The Kier molecular flexibility index (Phi) is 3.55. The van der Waals surface area contributed by atoms with Crippen LogP contribution in [0.4, 0.5) is 0 Å². The second kappa shape index (κ2) is 4.90. The van der Waals surface area contributed by atoms with E-state index < -0.39 is 0 Å². The minimum absolute atomic E-state index is 0.148. The number of hydrogen-bond donors (Lipinski definition) is 0. The van der Waals surface area contributed by atoms with E-state index in [1.807, 2.05) is 0 Å². The molecule has 2 nitrogen and oxygen atoms in total. The van der Waals surface area contributed by atoms with E-state index in [0.29, 0.717) is 0 Å². The molecule has 0 spiro atoms. The lowest BCUT2D eigenvalue weighted by atomic mass is 9.72. The predicted molar refractivity (Wildman–Crippen MR) is 58.1 cm³/mol. The number of nitroso groups, excluding NO2 is 1. The predicted octanol–water partition coefficient (Wildman–Crippen LogP) is 3.89. The molecule has 0 N–H and O–H groups in total. The summed E-state index contributed by atoms with van der Waals surface area (Å²) in [5.74, 6) is 1.91. The van der Waals surface area contributed by atoms with Crippen LogP contribution in [-0.2, 0) is 0 Å². The summed E-state index contributed by atoms with van der Waals surface area (Å²) >= 11 is 0. The molecule has 0 radical (unpaired) electrons. The van der Waals surface area contributed by atoms with Gasteiger partial charge in [-0.3, -0.25) is 0 Å². The zero-order valence-electron chi connectivity index (χ0n) is 8.95. The van der Waals surface area contributed by atoms with Crippen molar-refractivity contribution in [1.82, 2.24) is 0 Å². The first-order chi connectivity index (χ1) is 6.90. The van der Waals surface area contributed by atoms with Crippen molar-refractivity contribution in [3.05, 3.63) is 4.91 Å². The van der Waals surface area contributed by atoms with Gasteiger partial charge in [-0.25, -0.2) is 0 Å². The quantitative estimate of drug-likeness (QED) is 0.614. The Morgan fingerprint density at radius 2 is 1.29 bits per heavy atom. The van der Waals surface area contributed by atoms with E-state index >= 15 is 0 Å². The van der Waals surface area contributed by atoms with Gasteiger partial charge in [-0.15, -0.1) is 0 Å². The molecule has 0 aliphatic heterocycles. The highest BCUT2D eigenvalue weighted by Gasteiger charge is 2.28. The zero-order chi connectivity index (χ0) is 9.80. The molecule has 0 aromatic heterocycles. The maximum atomic E-state index is 10.4. The molecule has 0 amide bonds. The van der Waals surface area contributed by atoms with Crippen molar-refractivity contribution in [3.8, 4) is 0 Å². The van der Waals surface area contributed by atoms with Gasteiger partial charge in [0.25, 0.3) is 0 Å². The smallest absolute Gasteiger partial charge is 0.0920 e. The van der Waals surface area contributed by atoms with Gasteiger partial charge in [0.15, 0.2) is 0 Å². The molecule has 2 fully saturated rings. The van der Waals surface area contributed by atoms with Gasteiger partial charge in [0.05, 0.1) is 6.04 Å². The van der Waals surface area contributed by atoms with E-state index in [1.165, 1.54) is 44.9 Å². The van der Waals surface area contributed by atoms with Crippen molar-refractivity contribution >= 4 is 0 Å². The highest BCUT2D eigenvalue weighted by molar-refractivity contribution is 4.82. The van der Waals surface area contributed by atoms with Crippen LogP contribution in [0, 0.1) is 16.7 Å². The maximum absolute atomic E-state index is 10.4. The molecule has 14 heavy (non-hydrogen) atoms. The molecule has 0 unspecified atom stereocenters. The van der Waals surface area contributed by atoms with Crippen LogP contribution in [0.25, 0.3) is 0 Å². The molecule has 2 rings (SSSR count). The lowest BCUT2D eigenvalue weighted by Gasteiger charge is -2.34. The van der Waals surface area contributed by atoms with Gasteiger partial charge >= 0.3 is 0 Å². The van der Waals surface area contributed by atoms with Gasteiger partial charge in [0.1, 0.15) is 0 Å². The molecule has 0 atom stereocenters. The highest BCUT2D eigenvalue weighted by Crippen LogP contribution is 2.38. The van der Waals surface area contributed by atoms with Crippen molar-refractivity contribution in [2.45, 2.75) is 63.8 Å². The van der Waals surface area contributed by atoms with Crippen LogP contribution in [0.15, 0.2) is 5.18 Å². The third-order valence-corrected chi connectivity index (χ3v) is 4.21. The minimum atomic E-state index is 0.148. The van der Waals surface area contributed by atoms with Gasteiger partial charge in [0, 0.05) is 0 Å². The Morgan fingerprint density at radius 1 is 0.714 bits per heavy atom. The molecule has 0 saturated heterocycles. The Hall–Kier alpha value is -0.400. The minimum Gasteiger partial charge on any atom is -0.151 e. The first kappa shape index (κ1) is 10.1. The topological polar surface area (TPSA) is 29.4 Å². The van der Waals surface area contributed by atoms with E-state index in [4.69, 9.17) is 0 Å². The first-order valence-electron chi connectivity index (χ1n) is 6.22. The fourth-order valence-electron chi connectivity index (χ4n) is 3.28. The Labute approximate surface area is 86.4 Å². The summed E-state index contributed by atoms with van der Waals surface area (Å²) in [4.78, 5) is 10.4. The SMILES string of the molecule is O=NC1CCC(C2CCCCC2)CC1. The summed E-state index contributed by atoms with van der Waals surface area (Å²) in [7, 11) is 0. The number of rotatable bonds is 2. The summed E-state index contributed by atoms with van der Waals surface area (Å²) < 4.78 is 0. The lowest BCUT2D eigenvalue weighted by Crippen LogP contribution is -2.24. The van der Waals surface area contributed by atoms with Gasteiger partial charge < -0.3 is 0 Å². The molecule has 0 aromatic rings. The van der Waals surface area contributed by atoms with Crippen molar-refractivity contribution in [3.63, 3.8) is 0 Å². The Morgan fingerprint density at radius 3 is 1.86 bits per heavy atom. The molecule has 2 saturated carbocycles. The second-order valence-electron chi connectivity index (χ2n) is 5.07. The average Bonchev–Trinajstić information content (AvgIpc) is 2.30. The van der Waals surface area contributed by atoms with Crippen LogP contribution < -0.4 is 0 Å². The van der Waals surface area contributed by atoms with Gasteiger partial charge in [-0.1, -0.05) is 37.3 Å². The molecule has 0 heterocycles. The molecule has 80 valence electrons. The summed E-state index contributed by atoms with van der Waals surface area (Å²) in [6.45, 7) is 0. The van der Waals surface area contributed by atoms with Crippen molar-refractivity contribution < 1.29 is 0 Å². The van der Waals surface area contributed by atoms with Crippen molar-refractivity contribution in [2.75, 3.05) is 0 Å². The van der Waals surface area contributed by atoms with Crippen LogP contribution in [0.3, 0.4) is 0 Å². The summed E-state index contributed by atoms with van der Waals surface area (Å²) in [5, 5.41) is 3.18. The van der Waals surface area contributed by atoms with Crippen LogP contribution in [0.5, 0.6) is 0 Å². The van der Waals surface area contributed by atoms with Gasteiger partial charge in [-0.2, -0.15) is 4.91 Å².